The van der Waals surface area contributed by atoms with Crippen LogP contribution in [0.1, 0.15) is 0 Å². The Hall–Kier alpha value is 3.72. The molecule has 0 rings (SSSR count). The average Bonchev–Trinajstić information content (AvgIpc) is 2.32. The molecular weight excluding hydrogens is 574 g/mol. The second-order valence-electron chi connectivity index (χ2n) is 1.62. The molecule has 0 heterocycles. The summed E-state index contributed by atoms with van der Waals surface area (Å²) in [5.74, 6) is 0. The van der Waals surface area contributed by atoms with Crippen molar-refractivity contribution in [2.45, 2.75) is 0 Å². The maximum absolute atomic E-state index is 8.26. The minimum atomic E-state index is -2.24. The molecule has 19 heavy (non-hydrogen) atoms. The molecule has 0 saturated heterocycles. The Labute approximate surface area is 175 Å². The van der Waals surface area contributed by atoms with E-state index >= 15 is 0 Å². The van der Waals surface area contributed by atoms with Crippen LogP contribution in [0.4, 0.5) is 0 Å². The second-order valence-corrected chi connectivity index (χ2v) is 12.0. The summed E-state index contributed by atoms with van der Waals surface area (Å²) in [6.07, 6.45) is 0. The topological polar surface area (TPSA) is 54.0 Å². The first kappa shape index (κ1) is 38.3. The van der Waals surface area contributed by atoms with Crippen LogP contribution in [0.25, 0.3) is 0 Å². The zero-order valence-electron chi connectivity index (χ0n) is 10.3. The predicted octanol–water partition coefficient (Wildman–Crippen LogP) is 1.44. The third kappa shape index (κ3) is 34.2. The van der Waals surface area contributed by atoms with E-state index < -0.39 is 11.4 Å². The van der Waals surface area contributed by atoms with Crippen LogP contribution in [0.15, 0.2) is 0 Å². The SMILES string of the molecule is COP(=S)([S-])OC.COP(=S)([S-])OC.[Mo+3].[O]=[Mo].[SH-].[SH-]. The van der Waals surface area contributed by atoms with E-state index in [0.29, 0.717) is 19.8 Å². The van der Waals surface area contributed by atoms with Crippen molar-refractivity contribution in [2.75, 3.05) is 28.4 Å². The van der Waals surface area contributed by atoms with Gasteiger partial charge in [0.2, 0.25) is 0 Å². The fourth-order valence-corrected chi connectivity index (χ4v) is 0.447. The summed E-state index contributed by atoms with van der Waals surface area (Å²) in [6.45, 7) is 0. The van der Waals surface area contributed by atoms with Crippen LogP contribution in [-0.2, 0) is 137 Å². The largest absolute Gasteiger partial charge is 0.813 e. The monoisotopic (exact) mass is 592 g/mol. The molecular formula is C4H14Mo2O5P2S6-. The third-order valence-corrected chi connectivity index (χ3v) is 6.26. The molecule has 0 atom stereocenters. The Bertz CT molecular complexity index is 222. The number of hydrogen-bond acceptors (Lipinski definition) is 11. The van der Waals surface area contributed by atoms with Crippen molar-refractivity contribution < 1.29 is 62.3 Å². The van der Waals surface area contributed by atoms with E-state index in [4.69, 9.17) is 3.40 Å². The standard InChI is InChI=1S/2C2H7O2PS2.2Mo.O.2H2S/c2*1-3-5(6,7)4-2;;;;;/h2*1-2H3,(H,6,7);;;;2*1H2/q;;;+3;;;/p-4. The van der Waals surface area contributed by atoms with Crippen molar-refractivity contribution in [2.24, 2.45) is 0 Å². The van der Waals surface area contributed by atoms with E-state index in [1.54, 1.807) is 0 Å². The smallest absolute Gasteiger partial charge is 0.813 e. The predicted molar refractivity (Wildman–Crippen MR) is 89.5 cm³/mol. The quantitative estimate of drug-likeness (QED) is 0.208. The van der Waals surface area contributed by atoms with Crippen LogP contribution in [0.3, 0.4) is 0 Å². The van der Waals surface area contributed by atoms with Gasteiger partial charge in [-0.15, -0.1) is 0 Å². The normalized spacial score (nSPS) is 8.95. The first-order valence-corrected chi connectivity index (χ1v) is 11.4. The van der Waals surface area contributed by atoms with Gasteiger partial charge in [0.25, 0.3) is 0 Å². The Balaban J connectivity index is -0.0000000344. The molecule has 0 aromatic rings. The molecule has 0 aliphatic carbocycles. The van der Waals surface area contributed by atoms with E-state index in [9.17, 15) is 0 Å². The summed E-state index contributed by atoms with van der Waals surface area (Å²) in [5.41, 5.74) is -4.48. The maximum Gasteiger partial charge on any atom is -0.813 e. The number of rotatable bonds is 4. The molecule has 0 unspecified atom stereocenters. The molecule has 0 aromatic carbocycles. The van der Waals surface area contributed by atoms with E-state index in [0.717, 1.165) is 0 Å². The third-order valence-electron chi connectivity index (χ3n) is 0.894. The summed E-state index contributed by atoms with van der Waals surface area (Å²) >= 11 is 19.2. The Morgan fingerprint density at radius 2 is 0.895 bits per heavy atom. The summed E-state index contributed by atoms with van der Waals surface area (Å²) in [4.78, 5) is 0. The molecule has 0 spiro atoms. The number of thiol groups is 2. The van der Waals surface area contributed by atoms with Crippen molar-refractivity contribution in [1.29, 1.82) is 0 Å². The molecule has 0 amide bonds. The van der Waals surface area contributed by atoms with Crippen LogP contribution in [-0.4, -0.2) is 28.4 Å². The van der Waals surface area contributed by atoms with Gasteiger partial charge in [0.1, 0.15) is 0 Å². The van der Waals surface area contributed by atoms with Crippen LogP contribution in [0.5, 0.6) is 0 Å². The van der Waals surface area contributed by atoms with Crippen LogP contribution in [0, 0.1) is 0 Å². The van der Waals surface area contributed by atoms with Gasteiger partial charge in [-0.1, -0.05) is 23.6 Å². The Morgan fingerprint density at radius 1 is 0.789 bits per heavy atom. The van der Waals surface area contributed by atoms with Gasteiger partial charge in [-0.2, -0.15) is 0 Å². The molecule has 0 aromatic heterocycles. The van der Waals surface area contributed by atoms with Crippen LogP contribution >= 0.6 is 11.4 Å². The van der Waals surface area contributed by atoms with E-state index in [2.05, 4.69) is 66.2 Å². The van der Waals surface area contributed by atoms with E-state index in [-0.39, 0.29) is 48.1 Å². The molecule has 0 aliphatic rings. The average molecular weight is 588 g/mol. The fourth-order valence-electron chi connectivity index (χ4n) is 0.149. The Kier molecular flexibility index (Phi) is 48.4. The maximum atomic E-state index is 8.26. The molecule has 0 bridgehead atoms. The van der Waals surface area contributed by atoms with Gasteiger partial charge in [-0.3, -0.25) is 0 Å². The molecule has 119 valence electrons. The zero-order chi connectivity index (χ0) is 13.8. The molecule has 0 N–H and O–H groups in total. The van der Waals surface area contributed by atoms with Crippen molar-refractivity contribution >= 4 is 86.5 Å². The van der Waals surface area contributed by atoms with Crippen LogP contribution < -0.4 is 0 Å². The molecule has 15 heteroatoms. The number of hydrogen-bond donors (Lipinski definition) is 0. The van der Waals surface area contributed by atoms with Gasteiger partial charge in [0.15, 0.2) is 0 Å². The molecule has 0 aliphatic heterocycles. The molecule has 0 fully saturated rings. The van der Waals surface area contributed by atoms with Gasteiger partial charge in [0, 0.05) is 28.4 Å². The molecule has 5 nitrogen and oxygen atoms in total. The van der Waals surface area contributed by atoms with Gasteiger partial charge in [-0.05, 0) is 0 Å². The minimum absolute atomic E-state index is 0. The van der Waals surface area contributed by atoms with Crippen molar-refractivity contribution in [3.8, 4) is 0 Å². The minimum Gasteiger partial charge on any atom is -0.813 e. The fraction of sp³-hybridized carbons (Fsp3) is 1.00. The summed E-state index contributed by atoms with van der Waals surface area (Å²) in [5, 5.41) is 0. The van der Waals surface area contributed by atoms with Crippen LogP contribution in [0.2, 0.25) is 0 Å². The van der Waals surface area contributed by atoms with Gasteiger partial charge in [0.05, 0.1) is 11.4 Å². The van der Waals surface area contributed by atoms with Crippen molar-refractivity contribution in [1.82, 2.24) is 0 Å². The van der Waals surface area contributed by atoms with Gasteiger partial charge >= 0.3 is 44.2 Å². The van der Waals surface area contributed by atoms with E-state index in [1.807, 2.05) is 0 Å². The first-order chi connectivity index (χ1) is 7.24. The van der Waals surface area contributed by atoms with Crippen molar-refractivity contribution in [3.63, 3.8) is 0 Å². The molecule has 1 radical (unpaired) electrons. The van der Waals surface area contributed by atoms with Crippen molar-refractivity contribution in [3.05, 3.63) is 0 Å². The second kappa shape index (κ2) is 24.0. The molecule has 0 saturated carbocycles. The first-order valence-electron chi connectivity index (χ1n) is 3.26. The van der Waals surface area contributed by atoms with E-state index in [1.165, 1.54) is 28.4 Å². The van der Waals surface area contributed by atoms with Gasteiger partial charge < -0.3 is 69.6 Å². The zero-order valence-corrected chi connectivity index (χ0v) is 21.1. The summed E-state index contributed by atoms with van der Waals surface area (Å²) in [6, 6.07) is 0. The Morgan fingerprint density at radius 3 is 0.895 bits per heavy atom. The summed E-state index contributed by atoms with van der Waals surface area (Å²) in [7, 11) is 5.82. The van der Waals surface area contributed by atoms with Gasteiger partial charge in [-0.25, -0.2) is 0 Å². The summed E-state index contributed by atoms with van der Waals surface area (Å²) < 4.78 is 26.7.